The molecular weight excluding hydrogens is 126 g/mol. The summed E-state index contributed by atoms with van der Waals surface area (Å²) in [6.45, 7) is 7.40. The zero-order chi connectivity index (χ0) is 7.78. The molecule has 1 rings (SSSR count). The topological polar surface area (TPSA) is 35.2 Å². The van der Waals surface area contributed by atoms with Crippen LogP contribution in [-0.2, 0) is 4.84 Å². The summed E-state index contributed by atoms with van der Waals surface area (Å²) in [5.74, 6) is 6.74. The molecule has 0 radical (unpaired) electrons. The van der Waals surface area contributed by atoms with Gasteiger partial charge in [0, 0.05) is 0 Å². The van der Waals surface area contributed by atoms with Gasteiger partial charge in [-0.3, -0.25) is 0 Å². The van der Waals surface area contributed by atoms with Crippen molar-refractivity contribution in [1.82, 2.24) is 0 Å². The minimum Gasteiger partial charge on any atom is -0.304 e. The van der Waals surface area contributed by atoms with Crippen LogP contribution in [0.2, 0.25) is 0 Å². The largest absolute Gasteiger partial charge is 0.304 e. The normalized spacial score (nSPS) is 32.4. The number of hydrogen-bond donors (Lipinski definition) is 1. The number of hydrogen-bond acceptors (Lipinski definition) is 2. The lowest BCUT2D eigenvalue weighted by atomic mass is 9.87. The SMILES string of the molecule is CC1CC1C(C)(C)CON. The van der Waals surface area contributed by atoms with Crippen molar-refractivity contribution in [3.8, 4) is 0 Å². The van der Waals surface area contributed by atoms with Gasteiger partial charge in [0.15, 0.2) is 0 Å². The van der Waals surface area contributed by atoms with Gasteiger partial charge in [0.1, 0.15) is 0 Å². The minimum absolute atomic E-state index is 0.286. The van der Waals surface area contributed by atoms with Crippen LogP contribution in [0.3, 0.4) is 0 Å². The van der Waals surface area contributed by atoms with E-state index in [0.717, 1.165) is 11.8 Å². The van der Waals surface area contributed by atoms with Crippen LogP contribution in [0, 0.1) is 17.3 Å². The van der Waals surface area contributed by atoms with Crippen LogP contribution >= 0.6 is 0 Å². The lowest BCUT2D eigenvalue weighted by Crippen LogP contribution is -2.24. The van der Waals surface area contributed by atoms with Crippen LogP contribution in [0.15, 0.2) is 0 Å². The molecule has 2 atom stereocenters. The third-order valence-corrected chi connectivity index (χ3v) is 2.57. The van der Waals surface area contributed by atoms with Gasteiger partial charge < -0.3 is 4.84 Å². The first-order chi connectivity index (χ1) is 4.58. The van der Waals surface area contributed by atoms with Crippen LogP contribution in [0.25, 0.3) is 0 Å². The van der Waals surface area contributed by atoms with Crippen molar-refractivity contribution < 1.29 is 4.84 Å². The Morgan fingerprint density at radius 1 is 1.60 bits per heavy atom. The summed E-state index contributed by atoms with van der Waals surface area (Å²) >= 11 is 0. The average Bonchev–Trinajstić information content (AvgIpc) is 2.46. The maximum atomic E-state index is 5.03. The van der Waals surface area contributed by atoms with E-state index in [2.05, 4.69) is 25.6 Å². The fraction of sp³-hybridized carbons (Fsp3) is 1.00. The lowest BCUT2D eigenvalue weighted by molar-refractivity contribution is 0.0483. The van der Waals surface area contributed by atoms with Crippen molar-refractivity contribution in [3.63, 3.8) is 0 Å². The summed E-state index contributed by atoms with van der Waals surface area (Å²) in [5, 5.41) is 0. The molecule has 1 aliphatic rings. The molecule has 0 aromatic carbocycles. The second kappa shape index (κ2) is 2.51. The van der Waals surface area contributed by atoms with Crippen molar-refractivity contribution in [2.45, 2.75) is 27.2 Å². The highest BCUT2D eigenvalue weighted by molar-refractivity contribution is 4.93. The Bertz CT molecular complexity index is 122. The van der Waals surface area contributed by atoms with Gasteiger partial charge in [-0.15, -0.1) is 0 Å². The minimum atomic E-state index is 0.286. The smallest absolute Gasteiger partial charge is 0.0732 e. The predicted molar refractivity (Wildman–Crippen MR) is 41.2 cm³/mol. The summed E-state index contributed by atoms with van der Waals surface area (Å²) in [6, 6.07) is 0. The maximum Gasteiger partial charge on any atom is 0.0732 e. The third kappa shape index (κ3) is 1.50. The molecular formula is C8H17NO. The Balaban J connectivity index is 2.36. The highest BCUT2D eigenvalue weighted by atomic mass is 16.6. The Morgan fingerprint density at radius 2 is 2.10 bits per heavy atom. The first-order valence-corrected chi connectivity index (χ1v) is 3.89. The van der Waals surface area contributed by atoms with E-state index in [9.17, 15) is 0 Å². The Hall–Kier alpha value is -0.0800. The molecule has 2 heteroatoms. The highest BCUT2D eigenvalue weighted by Crippen LogP contribution is 2.50. The van der Waals surface area contributed by atoms with Gasteiger partial charge in [-0.25, -0.2) is 5.90 Å². The molecule has 60 valence electrons. The second-order valence-corrected chi connectivity index (χ2v) is 4.12. The second-order valence-electron chi connectivity index (χ2n) is 4.12. The van der Waals surface area contributed by atoms with Crippen molar-refractivity contribution in [2.24, 2.45) is 23.1 Å². The zero-order valence-electron chi connectivity index (χ0n) is 7.05. The molecule has 1 saturated carbocycles. The van der Waals surface area contributed by atoms with Gasteiger partial charge in [0.2, 0.25) is 0 Å². The zero-order valence-corrected chi connectivity index (χ0v) is 7.05. The van der Waals surface area contributed by atoms with Gasteiger partial charge in [-0.1, -0.05) is 20.8 Å². The van der Waals surface area contributed by atoms with Gasteiger partial charge >= 0.3 is 0 Å². The van der Waals surface area contributed by atoms with Gasteiger partial charge in [0.25, 0.3) is 0 Å². The molecule has 1 aliphatic carbocycles. The molecule has 0 aliphatic heterocycles. The summed E-state index contributed by atoms with van der Waals surface area (Å²) < 4.78 is 0. The van der Waals surface area contributed by atoms with E-state index in [0.29, 0.717) is 6.61 Å². The van der Waals surface area contributed by atoms with Crippen LogP contribution in [0.1, 0.15) is 27.2 Å². The van der Waals surface area contributed by atoms with E-state index in [-0.39, 0.29) is 5.41 Å². The molecule has 0 spiro atoms. The van der Waals surface area contributed by atoms with Gasteiger partial charge in [0.05, 0.1) is 6.61 Å². The predicted octanol–water partition coefficient (Wildman–Crippen LogP) is 1.56. The fourth-order valence-corrected chi connectivity index (χ4v) is 1.73. The standard InChI is InChI=1S/C8H17NO/c1-6-4-7(6)8(2,3)5-10-9/h6-7H,4-5,9H2,1-3H3. The van der Waals surface area contributed by atoms with Crippen LogP contribution in [0.5, 0.6) is 0 Å². The molecule has 2 nitrogen and oxygen atoms in total. The molecule has 0 heterocycles. The molecule has 2 N–H and O–H groups in total. The van der Waals surface area contributed by atoms with Gasteiger partial charge in [-0.2, -0.15) is 0 Å². The molecule has 2 unspecified atom stereocenters. The van der Waals surface area contributed by atoms with E-state index in [4.69, 9.17) is 5.90 Å². The van der Waals surface area contributed by atoms with Crippen LogP contribution < -0.4 is 5.90 Å². The molecule has 0 bridgehead atoms. The first-order valence-electron chi connectivity index (χ1n) is 3.89. The third-order valence-electron chi connectivity index (χ3n) is 2.57. The average molecular weight is 143 g/mol. The summed E-state index contributed by atoms with van der Waals surface area (Å²) in [6.07, 6.45) is 1.34. The molecule has 10 heavy (non-hydrogen) atoms. The molecule has 1 fully saturated rings. The Morgan fingerprint density at radius 3 is 2.40 bits per heavy atom. The van der Waals surface area contributed by atoms with Crippen LogP contribution in [-0.4, -0.2) is 6.61 Å². The summed E-state index contributed by atoms with van der Waals surface area (Å²) in [4.78, 5) is 4.66. The fourth-order valence-electron chi connectivity index (χ4n) is 1.73. The Kier molecular flexibility index (Phi) is 2.02. The Labute approximate surface area is 62.7 Å². The highest BCUT2D eigenvalue weighted by Gasteiger charge is 2.44. The molecule has 0 saturated heterocycles. The monoisotopic (exact) mass is 143 g/mol. The molecule has 0 aromatic rings. The van der Waals surface area contributed by atoms with Gasteiger partial charge in [-0.05, 0) is 23.7 Å². The summed E-state index contributed by atoms with van der Waals surface area (Å²) in [7, 11) is 0. The molecule has 0 aromatic heterocycles. The van der Waals surface area contributed by atoms with E-state index in [1.807, 2.05) is 0 Å². The van der Waals surface area contributed by atoms with E-state index >= 15 is 0 Å². The van der Waals surface area contributed by atoms with Crippen molar-refractivity contribution in [1.29, 1.82) is 0 Å². The number of rotatable bonds is 3. The quantitative estimate of drug-likeness (QED) is 0.608. The first kappa shape index (κ1) is 8.02. The lowest BCUT2D eigenvalue weighted by Gasteiger charge is -2.22. The van der Waals surface area contributed by atoms with Crippen LogP contribution in [0.4, 0.5) is 0 Å². The van der Waals surface area contributed by atoms with Crippen molar-refractivity contribution >= 4 is 0 Å². The van der Waals surface area contributed by atoms with Crippen molar-refractivity contribution in [2.75, 3.05) is 6.61 Å². The number of nitrogens with two attached hydrogens (primary N) is 1. The van der Waals surface area contributed by atoms with E-state index in [1.165, 1.54) is 6.42 Å². The van der Waals surface area contributed by atoms with Crippen molar-refractivity contribution in [3.05, 3.63) is 0 Å². The molecule has 0 amide bonds. The summed E-state index contributed by atoms with van der Waals surface area (Å²) in [5.41, 5.74) is 0.286. The van der Waals surface area contributed by atoms with E-state index in [1.54, 1.807) is 0 Å². The van der Waals surface area contributed by atoms with E-state index < -0.39 is 0 Å². The maximum absolute atomic E-state index is 5.03.